The Labute approximate surface area is 79.8 Å². The van der Waals surface area contributed by atoms with Gasteiger partial charge in [-0.2, -0.15) is 0 Å². The molecule has 0 aromatic rings. The third kappa shape index (κ3) is 5.64. The summed E-state index contributed by atoms with van der Waals surface area (Å²) < 4.78 is 0. The van der Waals surface area contributed by atoms with Gasteiger partial charge in [0.2, 0.25) is 0 Å². The summed E-state index contributed by atoms with van der Waals surface area (Å²) in [4.78, 5) is 10.5. The second-order valence-electron chi connectivity index (χ2n) is 3.65. The number of aliphatic carboxylic acids is 1. The van der Waals surface area contributed by atoms with Crippen LogP contribution >= 0.6 is 0 Å². The second-order valence-corrected chi connectivity index (χ2v) is 3.65. The van der Waals surface area contributed by atoms with E-state index >= 15 is 0 Å². The van der Waals surface area contributed by atoms with Crippen molar-refractivity contribution in [2.45, 2.75) is 58.0 Å². The number of hydrogen-bond acceptors (Lipinski definition) is 2. The van der Waals surface area contributed by atoms with E-state index in [1.165, 1.54) is 0 Å². The Morgan fingerprint density at radius 1 is 1.23 bits per heavy atom. The van der Waals surface area contributed by atoms with Crippen molar-refractivity contribution in [3.63, 3.8) is 0 Å². The molecule has 0 radical (unpaired) electrons. The molecule has 0 saturated carbocycles. The molecule has 1 unspecified atom stereocenters. The van der Waals surface area contributed by atoms with Crippen molar-refractivity contribution in [1.82, 2.24) is 0 Å². The molecular weight excluding hydrogens is 168 g/mol. The van der Waals surface area contributed by atoms with Gasteiger partial charge in [0.05, 0.1) is 12.0 Å². The van der Waals surface area contributed by atoms with E-state index < -0.39 is 11.6 Å². The van der Waals surface area contributed by atoms with E-state index in [4.69, 9.17) is 5.11 Å². The number of rotatable bonds is 7. The van der Waals surface area contributed by atoms with Crippen molar-refractivity contribution in [2.24, 2.45) is 0 Å². The van der Waals surface area contributed by atoms with E-state index in [9.17, 15) is 9.90 Å². The SMILES string of the molecule is CCCCC(O)(CCC)CC(=O)O. The molecular formula is C10H20O3. The molecule has 0 fully saturated rings. The maximum Gasteiger partial charge on any atom is 0.306 e. The van der Waals surface area contributed by atoms with Crippen LogP contribution in [-0.4, -0.2) is 21.8 Å². The van der Waals surface area contributed by atoms with E-state index in [0.717, 1.165) is 19.3 Å². The Morgan fingerprint density at radius 3 is 2.23 bits per heavy atom. The van der Waals surface area contributed by atoms with E-state index in [1.54, 1.807) is 0 Å². The van der Waals surface area contributed by atoms with Crippen LogP contribution in [0.1, 0.15) is 52.4 Å². The van der Waals surface area contributed by atoms with Crippen LogP contribution in [0.25, 0.3) is 0 Å². The van der Waals surface area contributed by atoms with Gasteiger partial charge in [-0.3, -0.25) is 4.79 Å². The lowest BCUT2D eigenvalue weighted by atomic mass is 9.89. The summed E-state index contributed by atoms with van der Waals surface area (Å²) in [5.41, 5.74) is -0.976. The zero-order chi connectivity index (χ0) is 10.3. The van der Waals surface area contributed by atoms with Crippen molar-refractivity contribution in [1.29, 1.82) is 0 Å². The summed E-state index contributed by atoms with van der Waals surface area (Å²) in [6.45, 7) is 3.99. The Hall–Kier alpha value is -0.570. The zero-order valence-corrected chi connectivity index (χ0v) is 8.55. The molecule has 1 atom stereocenters. The number of unbranched alkanes of at least 4 members (excludes halogenated alkanes) is 1. The predicted molar refractivity (Wildman–Crippen MR) is 51.6 cm³/mol. The highest BCUT2D eigenvalue weighted by Gasteiger charge is 2.27. The third-order valence-electron chi connectivity index (χ3n) is 2.19. The fourth-order valence-electron chi connectivity index (χ4n) is 1.55. The van der Waals surface area contributed by atoms with Gasteiger partial charge in [0.15, 0.2) is 0 Å². The molecule has 0 aromatic carbocycles. The molecule has 0 aliphatic rings. The molecule has 0 saturated heterocycles. The highest BCUT2D eigenvalue weighted by molar-refractivity contribution is 5.68. The van der Waals surface area contributed by atoms with Crippen molar-refractivity contribution < 1.29 is 15.0 Å². The minimum absolute atomic E-state index is 0.124. The number of hydrogen-bond donors (Lipinski definition) is 2. The van der Waals surface area contributed by atoms with E-state index in [0.29, 0.717) is 12.8 Å². The lowest BCUT2D eigenvalue weighted by molar-refractivity contribution is -0.143. The number of carbonyl (C=O) groups is 1. The largest absolute Gasteiger partial charge is 0.481 e. The molecule has 0 rings (SSSR count). The van der Waals surface area contributed by atoms with Crippen LogP contribution in [0.4, 0.5) is 0 Å². The maximum atomic E-state index is 10.5. The highest BCUT2D eigenvalue weighted by Crippen LogP contribution is 2.24. The van der Waals surface area contributed by atoms with Crippen molar-refractivity contribution >= 4 is 5.97 Å². The molecule has 0 aromatic heterocycles. The number of carboxylic acids is 1. The lowest BCUT2D eigenvalue weighted by Crippen LogP contribution is -2.31. The quantitative estimate of drug-likeness (QED) is 0.643. The third-order valence-corrected chi connectivity index (χ3v) is 2.19. The maximum absolute atomic E-state index is 10.5. The van der Waals surface area contributed by atoms with Gasteiger partial charge in [-0.05, 0) is 12.8 Å². The minimum atomic E-state index is -0.976. The van der Waals surface area contributed by atoms with Crippen LogP contribution in [0.5, 0.6) is 0 Å². The fourth-order valence-corrected chi connectivity index (χ4v) is 1.55. The number of carboxylic acid groups (broad SMARTS) is 1. The van der Waals surface area contributed by atoms with Crippen molar-refractivity contribution in [3.8, 4) is 0 Å². The molecule has 13 heavy (non-hydrogen) atoms. The summed E-state index contributed by atoms with van der Waals surface area (Å²) in [6, 6.07) is 0. The van der Waals surface area contributed by atoms with Crippen LogP contribution in [0.15, 0.2) is 0 Å². The van der Waals surface area contributed by atoms with E-state index in [1.807, 2.05) is 13.8 Å². The van der Waals surface area contributed by atoms with Crippen LogP contribution in [0.3, 0.4) is 0 Å². The van der Waals surface area contributed by atoms with E-state index in [-0.39, 0.29) is 6.42 Å². The van der Waals surface area contributed by atoms with Crippen LogP contribution in [0.2, 0.25) is 0 Å². The standard InChI is InChI=1S/C10H20O3/c1-3-5-7-10(13,6-4-2)8-9(11)12/h13H,3-8H2,1-2H3,(H,11,12). The van der Waals surface area contributed by atoms with Gasteiger partial charge in [-0.25, -0.2) is 0 Å². The first-order valence-corrected chi connectivity index (χ1v) is 4.98. The van der Waals surface area contributed by atoms with Gasteiger partial charge in [0.25, 0.3) is 0 Å². The predicted octanol–water partition coefficient (Wildman–Crippen LogP) is 2.18. The molecule has 78 valence electrons. The first kappa shape index (κ1) is 12.4. The molecule has 0 heterocycles. The Bertz CT molecular complexity index is 156. The highest BCUT2D eigenvalue weighted by atomic mass is 16.4. The number of aliphatic hydroxyl groups is 1. The van der Waals surface area contributed by atoms with Crippen molar-refractivity contribution in [3.05, 3.63) is 0 Å². The van der Waals surface area contributed by atoms with Gasteiger partial charge in [0, 0.05) is 0 Å². The smallest absolute Gasteiger partial charge is 0.306 e. The first-order valence-electron chi connectivity index (χ1n) is 4.98. The Balaban J connectivity index is 4.06. The van der Waals surface area contributed by atoms with Gasteiger partial charge >= 0.3 is 5.97 Å². The lowest BCUT2D eigenvalue weighted by Gasteiger charge is -2.25. The minimum Gasteiger partial charge on any atom is -0.481 e. The molecule has 2 N–H and O–H groups in total. The summed E-state index contributed by atoms with van der Waals surface area (Å²) in [5.74, 6) is -0.910. The first-order chi connectivity index (χ1) is 6.04. The summed E-state index contributed by atoms with van der Waals surface area (Å²) in [6.07, 6.45) is 3.77. The molecule has 0 spiro atoms. The normalized spacial score (nSPS) is 15.3. The zero-order valence-electron chi connectivity index (χ0n) is 8.55. The molecule has 0 bridgehead atoms. The molecule has 3 heteroatoms. The monoisotopic (exact) mass is 188 g/mol. The van der Waals surface area contributed by atoms with Crippen LogP contribution in [0, 0.1) is 0 Å². The molecule has 0 aliphatic heterocycles. The van der Waals surface area contributed by atoms with Gasteiger partial charge in [-0.15, -0.1) is 0 Å². The Kier molecular flexibility index (Phi) is 5.71. The van der Waals surface area contributed by atoms with Crippen LogP contribution < -0.4 is 0 Å². The topological polar surface area (TPSA) is 57.5 Å². The molecule has 0 amide bonds. The average Bonchev–Trinajstić information content (AvgIpc) is 2.00. The molecule has 3 nitrogen and oxygen atoms in total. The van der Waals surface area contributed by atoms with E-state index in [2.05, 4.69) is 0 Å². The van der Waals surface area contributed by atoms with Gasteiger partial charge < -0.3 is 10.2 Å². The van der Waals surface area contributed by atoms with Gasteiger partial charge in [0.1, 0.15) is 0 Å². The Morgan fingerprint density at radius 2 is 1.85 bits per heavy atom. The average molecular weight is 188 g/mol. The van der Waals surface area contributed by atoms with Gasteiger partial charge in [-0.1, -0.05) is 33.1 Å². The fraction of sp³-hybridized carbons (Fsp3) is 0.900. The molecule has 0 aliphatic carbocycles. The summed E-state index contributed by atoms with van der Waals surface area (Å²) in [5, 5.41) is 18.5. The van der Waals surface area contributed by atoms with Crippen molar-refractivity contribution in [2.75, 3.05) is 0 Å². The van der Waals surface area contributed by atoms with Crippen LogP contribution in [-0.2, 0) is 4.79 Å². The summed E-state index contributed by atoms with van der Waals surface area (Å²) >= 11 is 0. The second kappa shape index (κ2) is 5.97. The summed E-state index contributed by atoms with van der Waals surface area (Å²) in [7, 11) is 0.